The van der Waals surface area contributed by atoms with E-state index in [2.05, 4.69) is 15.5 Å². The number of ether oxygens (including phenoxy) is 2. The highest BCUT2D eigenvalue weighted by Crippen LogP contribution is 2.19. The summed E-state index contributed by atoms with van der Waals surface area (Å²) in [5, 5.41) is 11.2. The molecule has 0 atom stereocenters. The summed E-state index contributed by atoms with van der Waals surface area (Å²) in [5.74, 6) is -0.414. The minimum atomic E-state index is -0.647. The Hall–Kier alpha value is -3.01. The summed E-state index contributed by atoms with van der Waals surface area (Å²) in [7, 11) is 0. The molecule has 0 unspecified atom stereocenters. The smallest absolute Gasteiger partial charge is 0.340 e. The van der Waals surface area contributed by atoms with Crippen molar-refractivity contribution in [2.75, 3.05) is 38.6 Å². The summed E-state index contributed by atoms with van der Waals surface area (Å²) in [6.45, 7) is 3.32. The molecule has 1 aliphatic heterocycles. The first kappa shape index (κ1) is 16.8. The Balaban J connectivity index is 1.74. The van der Waals surface area contributed by atoms with Gasteiger partial charge in [0, 0.05) is 18.8 Å². The third kappa shape index (κ3) is 3.74. The number of carbonyl (C=O) groups is 2. The van der Waals surface area contributed by atoms with E-state index in [4.69, 9.17) is 15.2 Å². The normalized spacial score (nSPS) is 14.4. The van der Waals surface area contributed by atoms with Gasteiger partial charge in [-0.05, 0) is 35.5 Å². The van der Waals surface area contributed by atoms with Crippen molar-refractivity contribution in [2.45, 2.75) is 6.92 Å². The molecule has 3 rings (SSSR count). The third-order valence-electron chi connectivity index (χ3n) is 3.79. The number of rotatable bonds is 4. The maximum absolute atomic E-state index is 12.4. The zero-order chi connectivity index (χ0) is 17.8. The maximum atomic E-state index is 12.4. The molecular formula is C15H18N6O4. The van der Waals surface area contributed by atoms with Crippen molar-refractivity contribution < 1.29 is 19.1 Å². The quantitative estimate of drug-likeness (QED) is 0.584. The lowest BCUT2D eigenvalue weighted by Crippen LogP contribution is -2.42. The molecule has 1 aliphatic rings. The van der Waals surface area contributed by atoms with E-state index in [1.54, 1.807) is 24.0 Å². The Morgan fingerprint density at radius 3 is 2.76 bits per heavy atom. The fourth-order valence-corrected chi connectivity index (χ4v) is 2.46. The Morgan fingerprint density at radius 2 is 2.08 bits per heavy atom. The average molecular weight is 346 g/mol. The second-order valence-electron chi connectivity index (χ2n) is 5.48. The molecule has 2 N–H and O–H groups in total. The molecule has 0 radical (unpaired) electrons. The molecule has 1 aromatic carbocycles. The van der Waals surface area contributed by atoms with Crippen LogP contribution in [0.4, 0.5) is 5.69 Å². The zero-order valence-corrected chi connectivity index (χ0v) is 13.7. The molecule has 2 aromatic rings. The van der Waals surface area contributed by atoms with Gasteiger partial charge in [0.05, 0.1) is 24.5 Å². The standard InChI is InChI=1S/C15H18N6O4/c1-10-17-18-19-21(10)13-8-11(16)2-3-12(13)15(23)25-9-14(22)20-4-6-24-7-5-20/h2-3,8H,4-7,9,16H2,1H3. The summed E-state index contributed by atoms with van der Waals surface area (Å²) in [5.41, 5.74) is 6.86. The van der Waals surface area contributed by atoms with Crippen LogP contribution in [-0.4, -0.2) is 69.9 Å². The van der Waals surface area contributed by atoms with Crippen molar-refractivity contribution in [2.24, 2.45) is 0 Å². The highest BCUT2D eigenvalue weighted by molar-refractivity contribution is 5.95. The second kappa shape index (κ2) is 7.26. The van der Waals surface area contributed by atoms with Gasteiger partial charge in [0.15, 0.2) is 12.4 Å². The molecule has 2 heterocycles. The number of nitrogen functional groups attached to an aromatic ring is 1. The van der Waals surface area contributed by atoms with Gasteiger partial charge >= 0.3 is 5.97 Å². The average Bonchev–Trinajstić information content (AvgIpc) is 3.06. The zero-order valence-electron chi connectivity index (χ0n) is 13.7. The van der Waals surface area contributed by atoms with E-state index in [0.717, 1.165) is 0 Å². The molecule has 0 saturated carbocycles. The number of benzene rings is 1. The van der Waals surface area contributed by atoms with E-state index in [0.29, 0.717) is 43.5 Å². The molecule has 10 heteroatoms. The van der Waals surface area contributed by atoms with Gasteiger partial charge in [-0.15, -0.1) is 5.10 Å². The van der Waals surface area contributed by atoms with Crippen LogP contribution < -0.4 is 5.73 Å². The SMILES string of the molecule is Cc1nnnn1-c1cc(N)ccc1C(=O)OCC(=O)N1CCOCC1. The van der Waals surface area contributed by atoms with Gasteiger partial charge in [0.25, 0.3) is 5.91 Å². The predicted octanol–water partition coefficient (Wildman–Crippen LogP) is -0.431. The number of nitrogens with zero attached hydrogens (tertiary/aromatic N) is 5. The van der Waals surface area contributed by atoms with E-state index < -0.39 is 5.97 Å². The number of aryl methyl sites for hydroxylation is 1. The monoisotopic (exact) mass is 346 g/mol. The third-order valence-corrected chi connectivity index (χ3v) is 3.79. The van der Waals surface area contributed by atoms with Crippen molar-refractivity contribution >= 4 is 17.6 Å². The summed E-state index contributed by atoms with van der Waals surface area (Å²) in [6.07, 6.45) is 0. The molecule has 25 heavy (non-hydrogen) atoms. The minimum Gasteiger partial charge on any atom is -0.452 e. The molecule has 1 amide bonds. The first-order valence-corrected chi connectivity index (χ1v) is 7.74. The van der Waals surface area contributed by atoms with Crippen molar-refractivity contribution in [1.82, 2.24) is 25.1 Å². The van der Waals surface area contributed by atoms with Crippen LogP contribution in [0, 0.1) is 6.92 Å². The van der Waals surface area contributed by atoms with Crippen molar-refractivity contribution in [3.8, 4) is 5.69 Å². The van der Waals surface area contributed by atoms with E-state index in [-0.39, 0.29) is 18.1 Å². The van der Waals surface area contributed by atoms with E-state index in [9.17, 15) is 9.59 Å². The summed E-state index contributed by atoms with van der Waals surface area (Å²) < 4.78 is 11.7. The number of carbonyl (C=O) groups excluding carboxylic acids is 2. The fourth-order valence-electron chi connectivity index (χ4n) is 2.46. The van der Waals surface area contributed by atoms with Gasteiger partial charge in [-0.1, -0.05) is 0 Å². The molecule has 0 aliphatic carbocycles. The minimum absolute atomic E-state index is 0.222. The Labute approximate surface area is 143 Å². The first-order valence-electron chi connectivity index (χ1n) is 7.74. The first-order chi connectivity index (χ1) is 12.1. The molecule has 0 spiro atoms. The van der Waals surface area contributed by atoms with E-state index in [1.165, 1.54) is 10.7 Å². The number of aromatic nitrogens is 4. The van der Waals surface area contributed by atoms with Crippen LogP contribution in [0.1, 0.15) is 16.2 Å². The summed E-state index contributed by atoms with van der Waals surface area (Å²) >= 11 is 0. The summed E-state index contributed by atoms with van der Waals surface area (Å²) in [4.78, 5) is 26.1. The molecule has 1 saturated heterocycles. The lowest BCUT2D eigenvalue weighted by molar-refractivity contribution is -0.138. The van der Waals surface area contributed by atoms with Crippen LogP contribution >= 0.6 is 0 Å². The van der Waals surface area contributed by atoms with Crippen LogP contribution in [0.25, 0.3) is 5.69 Å². The molecule has 132 valence electrons. The van der Waals surface area contributed by atoms with Crippen molar-refractivity contribution in [3.63, 3.8) is 0 Å². The largest absolute Gasteiger partial charge is 0.452 e. The van der Waals surface area contributed by atoms with Gasteiger partial charge in [0.2, 0.25) is 0 Å². The number of esters is 1. The van der Waals surface area contributed by atoms with Gasteiger partial charge in [0.1, 0.15) is 0 Å². The number of nitrogens with two attached hydrogens (primary N) is 1. The number of hydrogen-bond acceptors (Lipinski definition) is 8. The topological polar surface area (TPSA) is 125 Å². The van der Waals surface area contributed by atoms with Gasteiger partial charge in [-0.3, -0.25) is 4.79 Å². The van der Waals surface area contributed by atoms with Crippen molar-refractivity contribution in [3.05, 3.63) is 29.6 Å². The lowest BCUT2D eigenvalue weighted by Gasteiger charge is -2.26. The predicted molar refractivity (Wildman–Crippen MR) is 86.0 cm³/mol. The number of morpholine rings is 1. The van der Waals surface area contributed by atoms with E-state index >= 15 is 0 Å². The Morgan fingerprint density at radius 1 is 1.32 bits per heavy atom. The lowest BCUT2D eigenvalue weighted by atomic mass is 10.1. The molecule has 1 fully saturated rings. The van der Waals surface area contributed by atoms with Gasteiger partial charge in [-0.25, -0.2) is 4.79 Å². The van der Waals surface area contributed by atoms with Crippen LogP contribution in [-0.2, 0) is 14.3 Å². The van der Waals surface area contributed by atoms with E-state index in [1.807, 2.05) is 0 Å². The summed E-state index contributed by atoms with van der Waals surface area (Å²) in [6, 6.07) is 4.67. The number of tetrazole rings is 1. The van der Waals surface area contributed by atoms with Crippen LogP contribution in [0.2, 0.25) is 0 Å². The number of anilines is 1. The van der Waals surface area contributed by atoms with Crippen LogP contribution in [0.5, 0.6) is 0 Å². The fraction of sp³-hybridized carbons (Fsp3) is 0.400. The molecular weight excluding hydrogens is 328 g/mol. The Kier molecular flexibility index (Phi) is 4.89. The highest BCUT2D eigenvalue weighted by atomic mass is 16.5. The van der Waals surface area contributed by atoms with Gasteiger partial charge in [-0.2, -0.15) is 4.68 Å². The van der Waals surface area contributed by atoms with Crippen molar-refractivity contribution in [1.29, 1.82) is 0 Å². The molecule has 0 bridgehead atoms. The highest BCUT2D eigenvalue weighted by Gasteiger charge is 2.21. The maximum Gasteiger partial charge on any atom is 0.340 e. The molecule has 1 aromatic heterocycles. The Bertz CT molecular complexity index is 784. The number of hydrogen-bond donors (Lipinski definition) is 1. The van der Waals surface area contributed by atoms with Crippen LogP contribution in [0.15, 0.2) is 18.2 Å². The molecule has 10 nitrogen and oxygen atoms in total. The number of amides is 1. The van der Waals surface area contributed by atoms with Crippen LogP contribution in [0.3, 0.4) is 0 Å². The second-order valence-corrected chi connectivity index (χ2v) is 5.48. The van der Waals surface area contributed by atoms with Gasteiger partial charge < -0.3 is 20.1 Å².